The highest BCUT2D eigenvalue weighted by Crippen LogP contribution is 2.24. The van der Waals surface area contributed by atoms with Gasteiger partial charge in [-0.25, -0.2) is 19.2 Å². The minimum absolute atomic E-state index is 0.152. The molecule has 1 aromatic heterocycles. The van der Waals surface area contributed by atoms with E-state index in [1.807, 2.05) is 0 Å². The number of rotatable bonds is 5. The molecule has 10 heteroatoms. The summed E-state index contributed by atoms with van der Waals surface area (Å²) in [6.45, 7) is -0.936. The summed E-state index contributed by atoms with van der Waals surface area (Å²) < 4.78 is 26.0. The van der Waals surface area contributed by atoms with Gasteiger partial charge in [0.25, 0.3) is 11.8 Å². The van der Waals surface area contributed by atoms with E-state index < -0.39 is 41.5 Å². The molecule has 8 nitrogen and oxygen atoms in total. The van der Waals surface area contributed by atoms with Crippen LogP contribution in [0.2, 0.25) is 0 Å². The molecule has 0 spiro atoms. The molecule has 0 unspecified atom stereocenters. The first-order chi connectivity index (χ1) is 11.9. The summed E-state index contributed by atoms with van der Waals surface area (Å²) in [6, 6.07) is 3.09. The molecule has 1 aromatic carbocycles. The first kappa shape index (κ1) is 18.2. The zero-order valence-electron chi connectivity index (χ0n) is 12.6. The van der Waals surface area contributed by atoms with E-state index in [2.05, 4.69) is 10.3 Å². The van der Waals surface area contributed by atoms with Crippen molar-refractivity contribution in [2.24, 2.45) is 0 Å². The Hall–Kier alpha value is -3.11. The molecule has 132 valence electrons. The molecule has 0 aliphatic carbocycles. The number of nitrogens with one attached hydrogen (secondary N) is 2. The summed E-state index contributed by atoms with van der Waals surface area (Å²) in [5, 5.41) is 30.2. The monoisotopic (exact) mass is 353 g/mol. The van der Waals surface area contributed by atoms with Crippen LogP contribution in [0.25, 0.3) is 0 Å². The molecule has 0 radical (unpaired) electrons. The van der Waals surface area contributed by atoms with Gasteiger partial charge in [-0.1, -0.05) is 6.07 Å². The Balaban J connectivity index is 2.22. The van der Waals surface area contributed by atoms with Gasteiger partial charge in [-0.3, -0.25) is 14.8 Å². The maximum Gasteiger partial charge on any atom is 0.297 e. The predicted octanol–water partition coefficient (Wildman–Crippen LogP) is 0.607. The number of aliphatic hydroxyl groups excluding tert-OH is 1. The normalized spacial score (nSPS) is 10.4. The number of carbonyl (C=O) groups is 2. The smallest absolute Gasteiger partial charge is 0.297 e. The fourth-order valence-electron chi connectivity index (χ4n) is 2.04. The first-order valence-corrected chi connectivity index (χ1v) is 6.87. The highest BCUT2D eigenvalue weighted by atomic mass is 19.2. The summed E-state index contributed by atoms with van der Waals surface area (Å²) in [7, 11) is 0. The lowest BCUT2D eigenvalue weighted by molar-refractivity contribution is 0.0696. The molecule has 0 aliphatic heterocycles. The summed E-state index contributed by atoms with van der Waals surface area (Å²) >= 11 is 0. The Morgan fingerprint density at radius 3 is 2.48 bits per heavy atom. The Morgan fingerprint density at radius 1 is 1.16 bits per heavy atom. The van der Waals surface area contributed by atoms with E-state index in [0.29, 0.717) is 0 Å². The van der Waals surface area contributed by atoms with Crippen LogP contribution in [0.1, 0.15) is 32.0 Å². The minimum Gasteiger partial charge on any atom is -0.505 e. The summed E-state index contributed by atoms with van der Waals surface area (Å²) in [6.07, 6.45) is 0.927. The topological polar surface area (TPSA) is 132 Å². The fraction of sp³-hybridized carbons (Fsp3) is 0.133. The molecule has 5 N–H and O–H groups in total. The van der Waals surface area contributed by atoms with Crippen LogP contribution in [-0.4, -0.2) is 32.2 Å². The second-order valence-corrected chi connectivity index (χ2v) is 4.88. The van der Waals surface area contributed by atoms with Crippen LogP contribution >= 0.6 is 0 Å². The quantitative estimate of drug-likeness (QED) is 0.395. The molecular weight excluding hydrogens is 340 g/mol. The molecule has 2 rings (SSSR count). The molecule has 2 aromatic rings. The number of pyridine rings is 1. The van der Waals surface area contributed by atoms with Crippen molar-refractivity contribution in [2.75, 3.05) is 0 Å². The third kappa shape index (κ3) is 3.87. The molecule has 0 fully saturated rings. The maximum absolute atomic E-state index is 13.1. The largest absolute Gasteiger partial charge is 0.505 e. The second kappa shape index (κ2) is 7.64. The minimum atomic E-state index is -1.12. The number of carbonyl (C=O) groups excluding carboxylic acids is 2. The number of hydrogen-bond donors (Lipinski definition) is 5. The van der Waals surface area contributed by atoms with Crippen molar-refractivity contribution in [2.45, 2.75) is 13.2 Å². The Morgan fingerprint density at radius 2 is 1.88 bits per heavy atom. The molecule has 0 atom stereocenters. The van der Waals surface area contributed by atoms with Gasteiger partial charge in [-0.05, 0) is 17.7 Å². The second-order valence-electron chi connectivity index (χ2n) is 4.88. The lowest BCUT2D eigenvalue weighted by Crippen LogP contribution is -2.26. The number of hydrogen-bond acceptors (Lipinski definition) is 6. The van der Waals surface area contributed by atoms with Crippen LogP contribution in [0.5, 0.6) is 5.75 Å². The van der Waals surface area contributed by atoms with Crippen LogP contribution < -0.4 is 10.8 Å². The third-order valence-corrected chi connectivity index (χ3v) is 3.31. The number of aliphatic hydroxyl groups is 1. The number of amides is 2. The number of halogens is 2. The van der Waals surface area contributed by atoms with E-state index in [4.69, 9.17) is 5.21 Å². The average Bonchev–Trinajstić information content (AvgIpc) is 2.61. The van der Waals surface area contributed by atoms with Crippen molar-refractivity contribution < 1.29 is 33.8 Å². The van der Waals surface area contributed by atoms with Gasteiger partial charge >= 0.3 is 0 Å². The molecule has 0 aliphatic rings. The van der Waals surface area contributed by atoms with Gasteiger partial charge in [0, 0.05) is 18.3 Å². The lowest BCUT2D eigenvalue weighted by Gasteiger charge is -2.12. The van der Waals surface area contributed by atoms with E-state index >= 15 is 0 Å². The van der Waals surface area contributed by atoms with Gasteiger partial charge in [0.15, 0.2) is 23.1 Å². The molecule has 0 saturated carbocycles. The van der Waals surface area contributed by atoms with Gasteiger partial charge in [0.2, 0.25) is 0 Å². The van der Waals surface area contributed by atoms with Gasteiger partial charge in [0.05, 0.1) is 12.2 Å². The zero-order chi connectivity index (χ0) is 18.6. The summed E-state index contributed by atoms with van der Waals surface area (Å²) in [5.41, 5.74) is 0.466. The number of nitrogens with zero attached hydrogens (tertiary/aromatic N) is 1. The van der Waals surface area contributed by atoms with Crippen molar-refractivity contribution >= 4 is 11.8 Å². The van der Waals surface area contributed by atoms with Crippen molar-refractivity contribution in [1.82, 2.24) is 15.8 Å². The first-order valence-electron chi connectivity index (χ1n) is 6.87. The van der Waals surface area contributed by atoms with Gasteiger partial charge < -0.3 is 15.5 Å². The van der Waals surface area contributed by atoms with E-state index in [9.17, 15) is 28.6 Å². The molecule has 0 saturated heterocycles. The van der Waals surface area contributed by atoms with Crippen molar-refractivity contribution in [3.05, 3.63) is 58.4 Å². The molecule has 1 heterocycles. The highest BCUT2D eigenvalue weighted by Gasteiger charge is 2.22. The van der Waals surface area contributed by atoms with Crippen LogP contribution in [-0.2, 0) is 13.2 Å². The van der Waals surface area contributed by atoms with Gasteiger partial charge in [0.1, 0.15) is 0 Å². The standard InChI is InChI=1S/C15H13F2N3O5/c16-10-2-1-7(3-11(10)17)4-19-14(23)8-5-18-12(15(24)20-25)13(22)9(8)6-21/h1-3,5,21-22,25H,4,6H2,(H,19,23)(H,20,24). The molecule has 2 amide bonds. The number of hydroxylamine groups is 1. The number of aromatic hydroxyl groups is 1. The van der Waals surface area contributed by atoms with E-state index in [1.54, 1.807) is 0 Å². The SMILES string of the molecule is O=C(NCc1ccc(F)c(F)c1)c1cnc(C(=O)NO)c(O)c1CO. The van der Waals surface area contributed by atoms with E-state index in [-0.39, 0.29) is 23.2 Å². The summed E-state index contributed by atoms with van der Waals surface area (Å²) in [4.78, 5) is 27.0. The van der Waals surface area contributed by atoms with Crippen LogP contribution in [0.4, 0.5) is 8.78 Å². The summed E-state index contributed by atoms with van der Waals surface area (Å²) in [5.74, 6) is -4.76. The predicted molar refractivity (Wildman–Crippen MR) is 78.6 cm³/mol. The number of benzene rings is 1. The lowest BCUT2D eigenvalue weighted by atomic mass is 10.1. The van der Waals surface area contributed by atoms with Crippen molar-refractivity contribution in [1.29, 1.82) is 0 Å². The van der Waals surface area contributed by atoms with Gasteiger partial charge in [-0.15, -0.1) is 0 Å². The molecule has 25 heavy (non-hydrogen) atoms. The highest BCUT2D eigenvalue weighted by molar-refractivity contribution is 5.99. The maximum atomic E-state index is 13.1. The fourth-order valence-corrected chi connectivity index (χ4v) is 2.04. The van der Waals surface area contributed by atoms with Crippen molar-refractivity contribution in [3.8, 4) is 5.75 Å². The Kier molecular flexibility index (Phi) is 5.57. The molecule has 0 bridgehead atoms. The Labute approximate surface area is 139 Å². The average molecular weight is 353 g/mol. The third-order valence-electron chi connectivity index (χ3n) is 3.31. The van der Waals surface area contributed by atoms with E-state index in [1.165, 1.54) is 11.5 Å². The van der Waals surface area contributed by atoms with Crippen LogP contribution in [0.15, 0.2) is 24.4 Å². The number of aromatic nitrogens is 1. The van der Waals surface area contributed by atoms with Crippen LogP contribution in [0, 0.1) is 11.6 Å². The van der Waals surface area contributed by atoms with E-state index in [0.717, 1.165) is 18.3 Å². The molecular formula is C15H13F2N3O5. The van der Waals surface area contributed by atoms with Gasteiger partial charge in [-0.2, -0.15) is 0 Å². The Bertz CT molecular complexity index is 829. The zero-order valence-corrected chi connectivity index (χ0v) is 12.6. The van der Waals surface area contributed by atoms with Crippen LogP contribution in [0.3, 0.4) is 0 Å². The van der Waals surface area contributed by atoms with Crippen molar-refractivity contribution in [3.63, 3.8) is 0 Å².